The molecule has 0 radical (unpaired) electrons. The van der Waals surface area contributed by atoms with Crippen LogP contribution in [-0.4, -0.2) is 24.6 Å². The third kappa shape index (κ3) is 5.07. The van der Waals surface area contributed by atoms with Gasteiger partial charge in [-0.25, -0.2) is 9.88 Å². The number of hydrogen-bond donors (Lipinski definition) is 0. The number of anilines is 2. The summed E-state index contributed by atoms with van der Waals surface area (Å²) in [4.78, 5) is 20.2. The molecule has 1 heterocycles. The highest BCUT2D eigenvalue weighted by Gasteiger charge is 2.25. The summed E-state index contributed by atoms with van der Waals surface area (Å²) < 4.78 is 11.2. The molecule has 0 saturated carbocycles. The molecule has 3 aromatic carbocycles. The number of carbonyl (C=O) groups is 1. The molecule has 0 spiro atoms. The fourth-order valence-corrected chi connectivity index (χ4v) is 4.22. The van der Waals surface area contributed by atoms with E-state index in [9.17, 15) is 4.79 Å². The van der Waals surface area contributed by atoms with Crippen molar-refractivity contribution in [3.8, 4) is 22.8 Å². The van der Waals surface area contributed by atoms with E-state index in [1.807, 2.05) is 53.9 Å². The number of para-hydroxylation sites is 2. The summed E-state index contributed by atoms with van der Waals surface area (Å²) in [5, 5.41) is 2.54. The molecule has 0 aliphatic rings. The molecule has 0 fully saturated rings. The van der Waals surface area contributed by atoms with Crippen LogP contribution in [0.15, 0.2) is 78.2 Å². The molecule has 0 aliphatic carbocycles. The SMILES string of the molecule is CCCOc1ccc(C(=O)N(c2nc(-c3ccc(C)cc3)cs2)c2ccccc2OC)cc1. The van der Waals surface area contributed by atoms with Crippen LogP contribution < -0.4 is 14.4 Å². The first kappa shape index (κ1) is 22.6. The van der Waals surface area contributed by atoms with E-state index in [-0.39, 0.29) is 5.91 Å². The predicted molar refractivity (Wildman–Crippen MR) is 134 cm³/mol. The van der Waals surface area contributed by atoms with Gasteiger partial charge < -0.3 is 9.47 Å². The highest BCUT2D eigenvalue weighted by Crippen LogP contribution is 2.38. The van der Waals surface area contributed by atoms with Crippen LogP contribution in [-0.2, 0) is 0 Å². The average molecular weight is 459 g/mol. The summed E-state index contributed by atoms with van der Waals surface area (Å²) in [6.45, 7) is 4.75. The molecule has 4 rings (SSSR count). The van der Waals surface area contributed by atoms with Crippen molar-refractivity contribution in [2.24, 2.45) is 0 Å². The maximum atomic E-state index is 13.7. The largest absolute Gasteiger partial charge is 0.495 e. The molecule has 0 atom stereocenters. The van der Waals surface area contributed by atoms with E-state index >= 15 is 0 Å². The first-order chi connectivity index (χ1) is 16.1. The van der Waals surface area contributed by atoms with Crippen LogP contribution in [0.3, 0.4) is 0 Å². The van der Waals surface area contributed by atoms with E-state index in [4.69, 9.17) is 14.5 Å². The summed E-state index contributed by atoms with van der Waals surface area (Å²) in [7, 11) is 1.60. The van der Waals surface area contributed by atoms with Crippen LogP contribution >= 0.6 is 11.3 Å². The van der Waals surface area contributed by atoms with Gasteiger partial charge in [0, 0.05) is 16.5 Å². The van der Waals surface area contributed by atoms with Gasteiger partial charge in [0.05, 0.1) is 25.1 Å². The highest BCUT2D eigenvalue weighted by molar-refractivity contribution is 7.14. The minimum Gasteiger partial charge on any atom is -0.495 e. The van der Waals surface area contributed by atoms with Crippen molar-refractivity contribution < 1.29 is 14.3 Å². The number of rotatable bonds is 8. The van der Waals surface area contributed by atoms with E-state index in [2.05, 4.69) is 26.0 Å². The summed E-state index contributed by atoms with van der Waals surface area (Å²) in [6, 6.07) is 22.9. The third-order valence-corrected chi connectivity index (χ3v) is 5.96. The van der Waals surface area contributed by atoms with Gasteiger partial charge in [-0.2, -0.15) is 0 Å². The Labute approximate surface area is 198 Å². The van der Waals surface area contributed by atoms with Gasteiger partial charge in [-0.15, -0.1) is 11.3 Å². The quantitative estimate of drug-likeness (QED) is 0.288. The Morgan fingerprint density at radius 1 is 1.00 bits per heavy atom. The molecule has 1 aromatic heterocycles. The normalized spacial score (nSPS) is 10.6. The van der Waals surface area contributed by atoms with Crippen LogP contribution in [0.5, 0.6) is 11.5 Å². The van der Waals surface area contributed by atoms with Crippen molar-refractivity contribution in [3.05, 3.63) is 89.3 Å². The Bertz CT molecular complexity index is 1220. The summed E-state index contributed by atoms with van der Waals surface area (Å²) in [5.41, 5.74) is 4.20. The van der Waals surface area contributed by atoms with Gasteiger partial charge in [0.1, 0.15) is 11.5 Å². The Morgan fingerprint density at radius 2 is 1.73 bits per heavy atom. The molecule has 33 heavy (non-hydrogen) atoms. The minimum absolute atomic E-state index is 0.189. The lowest BCUT2D eigenvalue weighted by Crippen LogP contribution is -2.26. The lowest BCUT2D eigenvalue weighted by molar-refractivity contribution is 0.0998. The van der Waals surface area contributed by atoms with Crippen LogP contribution in [0.25, 0.3) is 11.3 Å². The van der Waals surface area contributed by atoms with E-state index in [1.165, 1.54) is 16.9 Å². The lowest BCUT2D eigenvalue weighted by Gasteiger charge is -2.22. The molecule has 1 amide bonds. The zero-order valence-electron chi connectivity index (χ0n) is 18.9. The van der Waals surface area contributed by atoms with Gasteiger partial charge in [0.15, 0.2) is 5.13 Å². The van der Waals surface area contributed by atoms with Gasteiger partial charge >= 0.3 is 0 Å². The standard InChI is InChI=1S/C27H26N2O3S/c1-4-17-32-22-15-13-21(14-16-22)26(30)29(24-7-5-6-8-25(24)31-3)27-28-23(18-33-27)20-11-9-19(2)10-12-20/h5-16,18H,4,17H2,1-3H3. The molecular formula is C27H26N2O3S. The highest BCUT2D eigenvalue weighted by atomic mass is 32.1. The lowest BCUT2D eigenvalue weighted by atomic mass is 10.1. The van der Waals surface area contributed by atoms with E-state index in [0.29, 0.717) is 28.7 Å². The maximum absolute atomic E-state index is 13.7. The number of aryl methyl sites for hydroxylation is 1. The summed E-state index contributed by atoms with van der Waals surface area (Å²) in [5.74, 6) is 1.15. The second-order valence-corrected chi connectivity index (χ2v) is 8.40. The van der Waals surface area contributed by atoms with Crippen molar-refractivity contribution in [1.82, 2.24) is 4.98 Å². The zero-order valence-corrected chi connectivity index (χ0v) is 19.8. The van der Waals surface area contributed by atoms with E-state index in [1.54, 1.807) is 24.1 Å². The van der Waals surface area contributed by atoms with Crippen molar-refractivity contribution in [3.63, 3.8) is 0 Å². The van der Waals surface area contributed by atoms with Crippen molar-refractivity contribution in [2.45, 2.75) is 20.3 Å². The number of aromatic nitrogens is 1. The number of thiazole rings is 1. The Balaban J connectivity index is 1.73. The number of carbonyl (C=O) groups excluding carboxylic acids is 1. The molecule has 0 bridgehead atoms. The number of methoxy groups -OCH3 is 1. The molecular weight excluding hydrogens is 432 g/mol. The second-order valence-electron chi connectivity index (χ2n) is 7.57. The Morgan fingerprint density at radius 3 is 2.42 bits per heavy atom. The van der Waals surface area contributed by atoms with Crippen molar-refractivity contribution in [2.75, 3.05) is 18.6 Å². The first-order valence-corrected chi connectivity index (χ1v) is 11.7. The topological polar surface area (TPSA) is 51.7 Å². The fraction of sp³-hybridized carbons (Fsp3) is 0.185. The average Bonchev–Trinajstić information content (AvgIpc) is 3.33. The Hall–Kier alpha value is -3.64. The Kier molecular flexibility index (Phi) is 7.05. The molecule has 0 aliphatic heterocycles. The summed E-state index contributed by atoms with van der Waals surface area (Å²) >= 11 is 1.42. The molecule has 4 aromatic rings. The molecule has 5 nitrogen and oxygen atoms in total. The van der Waals surface area contributed by atoms with Crippen molar-refractivity contribution in [1.29, 1.82) is 0 Å². The smallest absolute Gasteiger partial charge is 0.264 e. The minimum atomic E-state index is -0.189. The molecule has 6 heteroatoms. The van der Waals surface area contributed by atoms with E-state index in [0.717, 1.165) is 23.4 Å². The van der Waals surface area contributed by atoms with Gasteiger partial charge in [0.25, 0.3) is 5.91 Å². The maximum Gasteiger partial charge on any atom is 0.264 e. The fourth-order valence-electron chi connectivity index (χ4n) is 3.38. The molecule has 0 saturated heterocycles. The van der Waals surface area contributed by atoms with Gasteiger partial charge in [-0.3, -0.25) is 4.79 Å². The molecule has 0 unspecified atom stereocenters. The number of amides is 1. The monoisotopic (exact) mass is 458 g/mol. The predicted octanol–water partition coefficient (Wildman–Crippen LogP) is 6.89. The van der Waals surface area contributed by atoms with E-state index < -0.39 is 0 Å². The number of ether oxygens (including phenoxy) is 2. The first-order valence-electron chi connectivity index (χ1n) is 10.8. The van der Waals surface area contributed by atoms with Gasteiger partial charge in [-0.05, 0) is 49.7 Å². The molecule has 0 N–H and O–H groups in total. The van der Waals surface area contributed by atoms with Crippen LogP contribution in [0, 0.1) is 6.92 Å². The van der Waals surface area contributed by atoms with Gasteiger partial charge in [0.2, 0.25) is 0 Å². The van der Waals surface area contributed by atoms with Crippen LogP contribution in [0.2, 0.25) is 0 Å². The number of benzene rings is 3. The third-order valence-electron chi connectivity index (χ3n) is 5.13. The van der Waals surface area contributed by atoms with Crippen molar-refractivity contribution >= 4 is 28.1 Å². The van der Waals surface area contributed by atoms with Gasteiger partial charge in [-0.1, -0.05) is 48.9 Å². The zero-order chi connectivity index (χ0) is 23.2. The number of nitrogens with zero attached hydrogens (tertiary/aromatic N) is 2. The molecule has 168 valence electrons. The van der Waals surface area contributed by atoms with Crippen LogP contribution in [0.4, 0.5) is 10.8 Å². The summed E-state index contributed by atoms with van der Waals surface area (Å²) in [6.07, 6.45) is 0.926. The second kappa shape index (κ2) is 10.3. The number of hydrogen-bond acceptors (Lipinski definition) is 5. The van der Waals surface area contributed by atoms with Crippen LogP contribution in [0.1, 0.15) is 29.3 Å².